The second-order valence-electron chi connectivity index (χ2n) is 3.89. The Labute approximate surface area is 128 Å². The molecule has 0 radical (unpaired) electrons. The summed E-state index contributed by atoms with van der Waals surface area (Å²) in [5.41, 5.74) is -0.830. The van der Waals surface area contributed by atoms with E-state index in [0.29, 0.717) is 0 Å². The third-order valence-electron chi connectivity index (χ3n) is 2.54. The molecule has 0 bridgehead atoms. The van der Waals surface area contributed by atoms with Gasteiger partial charge in [-0.05, 0) is 24.3 Å². The van der Waals surface area contributed by atoms with Crippen LogP contribution in [0, 0.1) is 5.82 Å². The van der Waals surface area contributed by atoms with Gasteiger partial charge in [0.15, 0.2) is 0 Å². The second kappa shape index (κ2) is 6.07. The van der Waals surface area contributed by atoms with Crippen LogP contribution in [-0.4, -0.2) is 22.0 Å². The summed E-state index contributed by atoms with van der Waals surface area (Å²) in [4.78, 5) is 26.8. The fourth-order valence-electron chi connectivity index (χ4n) is 1.62. The molecule has 0 fully saturated rings. The van der Waals surface area contributed by atoms with Crippen LogP contribution in [-0.2, 0) is 0 Å². The molecule has 0 saturated heterocycles. The molecule has 1 aromatic heterocycles. The van der Waals surface area contributed by atoms with Crippen molar-refractivity contribution in [2.24, 2.45) is 0 Å². The zero-order valence-corrected chi connectivity index (χ0v) is 11.7. The Hall–Kier alpha value is -2.18. The van der Waals surface area contributed by atoms with Crippen molar-refractivity contribution in [3.05, 3.63) is 57.6 Å². The van der Waals surface area contributed by atoms with Crippen LogP contribution in [0.2, 0.25) is 10.3 Å². The molecule has 108 valence electrons. The van der Waals surface area contributed by atoms with E-state index in [-0.39, 0.29) is 21.6 Å². The number of carboxylic acids is 1. The van der Waals surface area contributed by atoms with Crippen LogP contribution >= 0.6 is 23.2 Å². The predicted octanol–water partition coefficient (Wildman–Crippen LogP) is 3.48. The van der Waals surface area contributed by atoms with Gasteiger partial charge in [0.1, 0.15) is 21.7 Å². The monoisotopic (exact) mass is 328 g/mol. The van der Waals surface area contributed by atoms with Gasteiger partial charge in [-0.15, -0.1) is 0 Å². The minimum atomic E-state index is -1.50. The summed E-state index contributed by atoms with van der Waals surface area (Å²) < 4.78 is 13.5. The Balaban J connectivity index is 2.36. The van der Waals surface area contributed by atoms with E-state index in [1.165, 1.54) is 24.3 Å². The van der Waals surface area contributed by atoms with Crippen LogP contribution in [0.15, 0.2) is 30.3 Å². The first-order valence-corrected chi connectivity index (χ1v) is 6.31. The number of nitrogens with one attached hydrogen (secondary N) is 1. The van der Waals surface area contributed by atoms with Gasteiger partial charge in [-0.1, -0.05) is 29.3 Å². The summed E-state index contributed by atoms with van der Waals surface area (Å²) in [5, 5.41) is 11.2. The molecule has 0 spiro atoms. The lowest BCUT2D eigenvalue weighted by Gasteiger charge is -2.09. The molecule has 1 heterocycles. The van der Waals surface area contributed by atoms with Crippen LogP contribution in [0.25, 0.3) is 0 Å². The van der Waals surface area contributed by atoms with E-state index in [1.54, 1.807) is 0 Å². The van der Waals surface area contributed by atoms with Gasteiger partial charge >= 0.3 is 5.97 Å². The minimum absolute atomic E-state index is 0.0123. The molecule has 1 aromatic carbocycles. The lowest BCUT2D eigenvalue weighted by molar-refractivity contribution is 0.0693. The first kappa shape index (κ1) is 15.2. The zero-order valence-electron chi connectivity index (χ0n) is 10.2. The number of nitrogens with zero attached hydrogens (tertiary/aromatic N) is 1. The maximum absolute atomic E-state index is 13.5. The van der Waals surface area contributed by atoms with Gasteiger partial charge in [0, 0.05) is 0 Å². The van der Waals surface area contributed by atoms with E-state index in [2.05, 4.69) is 10.3 Å². The average Bonchev–Trinajstić information content (AvgIpc) is 2.37. The summed E-state index contributed by atoms with van der Waals surface area (Å²) in [7, 11) is 0. The third kappa shape index (κ3) is 3.29. The number of carbonyl (C=O) groups excluding carboxylic acids is 1. The highest BCUT2D eigenvalue weighted by atomic mass is 35.5. The van der Waals surface area contributed by atoms with Crippen LogP contribution in [0.3, 0.4) is 0 Å². The van der Waals surface area contributed by atoms with Gasteiger partial charge in [-0.2, -0.15) is 0 Å². The Morgan fingerprint density at radius 2 is 1.90 bits per heavy atom. The summed E-state index contributed by atoms with van der Waals surface area (Å²) in [6.07, 6.45) is 0. The highest BCUT2D eigenvalue weighted by Crippen LogP contribution is 2.22. The van der Waals surface area contributed by atoms with E-state index in [4.69, 9.17) is 28.3 Å². The lowest BCUT2D eigenvalue weighted by atomic mass is 10.1. The molecule has 0 aliphatic heterocycles. The Kier molecular flexibility index (Phi) is 4.40. The standard InChI is InChI=1S/C13H7Cl2FN2O3/c14-9-5-4-6(11(15)18-9)12(19)17-8-3-1-2-7(16)10(8)13(20)21/h1-5H,(H,17,19)(H,20,21). The molecule has 2 aromatic rings. The highest BCUT2D eigenvalue weighted by Gasteiger charge is 2.19. The number of carboxylic acid groups (broad SMARTS) is 1. The fourth-order valence-corrected chi connectivity index (χ4v) is 2.05. The van der Waals surface area contributed by atoms with E-state index in [9.17, 15) is 14.0 Å². The Morgan fingerprint density at radius 1 is 1.19 bits per heavy atom. The van der Waals surface area contributed by atoms with Gasteiger partial charge in [0.2, 0.25) is 0 Å². The number of amides is 1. The third-order valence-corrected chi connectivity index (χ3v) is 3.03. The lowest BCUT2D eigenvalue weighted by Crippen LogP contribution is -2.16. The van der Waals surface area contributed by atoms with Crippen molar-refractivity contribution in [3.8, 4) is 0 Å². The number of anilines is 1. The fraction of sp³-hybridized carbons (Fsp3) is 0. The van der Waals surface area contributed by atoms with Crippen molar-refractivity contribution in [2.75, 3.05) is 5.32 Å². The second-order valence-corrected chi connectivity index (χ2v) is 4.64. The van der Waals surface area contributed by atoms with E-state index < -0.39 is 23.3 Å². The van der Waals surface area contributed by atoms with Gasteiger partial charge in [0.25, 0.3) is 5.91 Å². The number of pyridine rings is 1. The minimum Gasteiger partial charge on any atom is -0.478 e. The van der Waals surface area contributed by atoms with E-state index >= 15 is 0 Å². The SMILES string of the molecule is O=C(Nc1cccc(F)c1C(=O)O)c1ccc(Cl)nc1Cl. The molecule has 0 unspecified atom stereocenters. The summed E-state index contributed by atoms with van der Waals surface area (Å²) >= 11 is 11.4. The first-order valence-electron chi connectivity index (χ1n) is 5.55. The molecule has 8 heteroatoms. The molecule has 0 aliphatic rings. The van der Waals surface area contributed by atoms with Crippen molar-refractivity contribution in [2.45, 2.75) is 0 Å². The van der Waals surface area contributed by atoms with Crippen molar-refractivity contribution in [3.63, 3.8) is 0 Å². The summed E-state index contributed by atoms with van der Waals surface area (Å²) in [6.45, 7) is 0. The number of hydrogen-bond donors (Lipinski definition) is 2. The van der Waals surface area contributed by atoms with Crippen molar-refractivity contribution in [1.82, 2.24) is 4.98 Å². The quantitative estimate of drug-likeness (QED) is 0.845. The number of carbonyl (C=O) groups is 2. The smallest absolute Gasteiger partial charge is 0.340 e. The van der Waals surface area contributed by atoms with E-state index in [1.807, 2.05) is 0 Å². The Morgan fingerprint density at radius 3 is 2.52 bits per heavy atom. The molecule has 0 saturated carbocycles. The van der Waals surface area contributed by atoms with E-state index in [0.717, 1.165) is 6.07 Å². The molecule has 2 rings (SSSR count). The maximum atomic E-state index is 13.5. The topological polar surface area (TPSA) is 79.3 Å². The van der Waals surface area contributed by atoms with Crippen molar-refractivity contribution >= 4 is 40.8 Å². The number of rotatable bonds is 3. The van der Waals surface area contributed by atoms with Crippen molar-refractivity contribution < 1.29 is 19.1 Å². The number of benzene rings is 1. The number of halogens is 3. The van der Waals surface area contributed by atoms with Gasteiger partial charge < -0.3 is 10.4 Å². The average molecular weight is 329 g/mol. The van der Waals surface area contributed by atoms with Gasteiger partial charge in [-0.25, -0.2) is 14.2 Å². The van der Waals surface area contributed by atoms with Crippen LogP contribution in [0.4, 0.5) is 10.1 Å². The molecular weight excluding hydrogens is 322 g/mol. The summed E-state index contributed by atoms with van der Waals surface area (Å²) in [5.74, 6) is -3.18. The molecule has 5 nitrogen and oxygen atoms in total. The molecule has 0 atom stereocenters. The Bertz CT molecular complexity index is 737. The van der Waals surface area contributed by atoms with Crippen LogP contribution in [0.1, 0.15) is 20.7 Å². The van der Waals surface area contributed by atoms with Crippen molar-refractivity contribution in [1.29, 1.82) is 0 Å². The molecule has 21 heavy (non-hydrogen) atoms. The zero-order chi connectivity index (χ0) is 15.6. The molecule has 0 aliphatic carbocycles. The first-order chi connectivity index (χ1) is 9.90. The largest absolute Gasteiger partial charge is 0.478 e. The number of aromatic carboxylic acids is 1. The van der Waals surface area contributed by atoms with Crippen LogP contribution < -0.4 is 5.32 Å². The number of aromatic nitrogens is 1. The molecular formula is C13H7Cl2FN2O3. The van der Waals surface area contributed by atoms with Gasteiger partial charge in [-0.3, -0.25) is 4.79 Å². The summed E-state index contributed by atoms with van der Waals surface area (Å²) in [6, 6.07) is 6.20. The molecule has 1 amide bonds. The molecule has 2 N–H and O–H groups in total. The number of hydrogen-bond acceptors (Lipinski definition) is 3. The highest BCUT2D eigenvalue weighted by molar-refractivity contribution is 6.35. The maximum Gasteiger partial charge on any atom is 0.340 e. The normalized spacial score (nSPS) is 10.2. The van der Waals surface area contributed by atoms with Gasteiger partial charge in [0.05, 0.1) is 11.3 Å². The predicted molar refractivity (Wildman–Crippen MR) is 75.6 cm³/mol. The van der Waals surface area contributed by atoms with Crippen LogP contribution in [0.5, 0.6) is 0 Å².